The lowest BCUT2D eigenvalue weighted by molar-refractivity contribution is -0.140. The van der Waals surface area contributed by atoms with Crippen LogP contribution in [0.5, 0.6) is 5.75 Å². The number of carbonyl (C=O) groups excluding carboxylic acids is 1. The Morgan fingerprint density at radius 3 is 2.55 bits per heavy atom. The molecule has 33 heavy (non-hydrogen) atoms. The van der Waals surface area contributed by atoms with Gasteiger partial charge in [-0.05, 0) is 49.2 Å². The zero-order chi connectivity index (χ0) is 24.2. The lowest BCUT2D eigenvalue weighted by Gasteiger charge is -2.45. The summed E-state index contributed by atoms with van der Waals surface area (Å²) in [5.74, 6) is -0.952. The molecular weight excluding hydrogens is 471 g/mol. The van der Waals surface area contributed by atoms with Crippen LogP contribution in [-0.2, 0) is 27.2 Å². The van der Waals surface area contributed by atoms with Gasteiger partial charge >= 0.3 is 0 Å². The van der Waals surface area contributed by atoms with Gasteiger partial charge in [0.05, 0.1) is 0 Å². The Labute approximate surface area is 198 Å². The van der Waals surface area contributed by atoms with Crippen molar-refractivity contribution in [2.75, 3.05) is 19.7 Å². The molecule has 7 nitrogen and oxygen atoms in total. The molecule has 1 unspecified atom stereocenters. The summed E-state index contributed by atoms with van der Waals surface area (Å²) in [4.78, 5) is 17.1. The second-order valence-corrected chi connectivity index (χ2v) is 10.2. The highest BCUT2D eigenvalue weighted by Crippen LogP contribution is 2.26. The fourth-order valence-corrected chi connectivity index (χ4v) is 4.83. The summed E-state index contributed by atoms with van der Waals surface area (Å²) in [6.45, 7) is 5.65. The van der Waals surface area contributed by atoms with Gasteiger partial charge in [0.1, 0.15) is 17.3 Å². The Morgan fingerprint density at radius 2 is 1.91 bits per heavy atom. The van der Waals surface area contributed by atoms with Crippen LogP contribution >= 0.6 is 11.6 Å². The van der Waals surface area contributed by atoms with E-state index < -0.39 is 15.9 Å². The summed E-state index contributed by atoms with van der Waals surface area (Å²) >= 11 is 5.93. The lowest BCUT2D eigenvalue weighted by atomic mass is 10.0. The summed E-state index contributed by atoms with van der Waals surface area (Å²) in [5.41, 5.74) is 1.19. The third kappa shape index (κ3) is 7.14. The molecule has 1 aliphatic heterocycles. The van der Waals surface area contributed by atoms with Crippen LogP contribution in [0.3, 0.4) is 0 Å². The van der Waals surface area contributed by atoms with Crippen LogP contribution < -0.4 is 4.74 Å². The smallest absolute Gasteiger partial charge is 0.269 e. The average Bonchev–Trinajstić information content (AvgIpc) is 2.74. The molecule has 1 N–H and O–H groups in total. The Bertz CT molecular complexity index is 1080. The largest absolute Gasteiger partial charge is 0.483 e. The van der Waals surface area contributed by atoms with Crippen molar-refractivity contribution < 1.29 is 26.9 Å². The summed E-state index contributed by atoms with van der Waals surface area (Å²) in [7, 11) is -4.29. The molecule has 180 valence electrons. The first-order chi connectivity index (χ1) is 15.6. The average molecular weight is 499 g/mol. The number of piperazine rings is 1. The number of hydrogen-bond donors (Lipinski definition) is 1. The van der Waals surface area contributed by atoms with Gasteiger partial charge in [-0.15, -0.1) is 0 Å². The normalized spacial score (nSPS) is 19.5. The maximum atomic E-state index is 13.2. The highest BCUT2D eigenvalue weighted by atomic mass is 35.5. The van der Waals surface area contributed by atoms with Crippen LogP contribution in [0.15, 0.2) is 42.5 Å². The van der Waals surface area contributed by atoms with Crippen LogP contribution in [0, 0.1) is 5.82 Å². The van der Waals surface area contributed by atoms with E-state index in [1.807, 2.05) is 13.8 Å². The van der Waals surface area contributed by atoms with Gasteiger partial charge in [-0.1, -0.05) is 30.7 Å². The third-order valence-corrected chi connectivity index (χ3v) is 6.68. The zero-order valence-corrected chi connectivity index (χ0v) is 20.2. The van der Waals surface area contributed by atoms with Crippen molar-refractivity contribution >= 4 is 27.6 Å². The monoisotopic (exact) mass is 498 g/mol. The molecule has 2 aromatic rings. The summed E-state index contributed by atoms with van der Waals surface area (Å²) in [6, 6.07) is 10.9. The molecule has 0 radical (unpaired) electrons. The highest BCUT2D eigenvalue weighted by Gasteiger charge is 2.33. The second kappa shape index (κ2) is 10.8. The van der Waals surface area contributed by atoms with Crippen molar-refractivity contribution in [2.45, 2.75) is 44.6 Å². The maximum absolute atomic E-state index is 13.2. The fourth-order valence-electron chi connectivity index (χ4n) is 4.02. The van der Waals surface area contributed by atoms with Gasteiger partial charge in [-0.2, -0.15) is 8.42 Å². The Balaban J connectivity index is 1.65. The van der Waals surface area contributed by atoms with Gasteiger partial charge in [0.2, 0.25) is 0 Å². The summed E-state index contributed by atoms with van der Waals surface area (Å²) in [5, 5.41) is 0.296. The van der Waals surface area contributed by atoms with E-state index in [1.165, 1.54) is 30.3 Å². The van der Waals surface area contributed by atoms with Crippen molar-refractivity contribution in [2.24, 2.45) is 0 Å². The van der Waals surface area contributed by atoms with E-state index in [2.05, 4.69) is 4.90 Å². The molecule has 0 aliphatic carbocycles. The molecule has 0 spiro atoms. The minimum Gasteiger partial charge on any atom is -0.483 e. The topological polar surface area (TPSA) is 87.2 Å². The first kappa shape index (κ1) is 25.4. The number of ether oxygens (including phenoxy) is 1. The SMILES string of the molecule is CCC1CN(Cc2ccc(F)cc2)[C@@H](C)CN1C(=O)COc1ccc(Cl)cc1CS(=O)(=O)O. The molecule has 2 aromatic carbocycles. The van der Waals surface area contributed by atoms with Gasteiger partial charge in [-0.3, -0.25) is 14.2 Å². The van der Waals surface area contributed by atoms with E-state index in [0.29, 0.717) is 24.7 Å². The Hall–Kier alpha value is -2.20. The Morgan fingerprint density at radius 1 is 1.21 bits per heavy atom. The van der Waals surface area contributed by atoms with E-state index in [-0.39, 0.29) is 41.7 Å². The number of nitrogens with zero attached hydrogens (tertiary/aromatic N) is 2. The molecule has 1 fully saturated rings. The molecule has 2 atom stereocenters. The number of amides is 1. The molecule has 3 rings (SSSR count). The van der Waals surface area contributed by atoms with Crippen LogP contribution in [0.25, 0.3) is 0 Å². The van der Waals surface area contributed by atoms with Gasteiger partial charge in [0.25, 0.3) is 16.0 Å². The predicted molar refractivity (Wildman–Crippen MR) is 124 cm³/mol. The molecule has 0 saturated carbocycles. The van der Waals surface area contributed by atoms with Crippen LogP contribution in [0.1, 0.15) is 31.4 Å². The lowest BCUT2D eigenvalue weighted by Crippen LogP contribution is -2.59. The van der Waals surface area contributed by atoms with E-state index in [4.69, 9.17) is 16.3 Å². The molecule has 0 aromatic heterocycles. The van der Waals surface area contributed by atoms with Gasteiger partial charge in [-0.25, -0.2) is 4.39 Å². The van der Waals surface area contributed by atoms with Crippen molar-refractivity contribution in [3.63, 3.8) is 0 Å². The van der Waals surface area contributed by atoms with Gasteiger partial charge in [0.15, 0.2) is 6.61 Å². The standard InChI is InChI=1S/C23H28ClFN2O5S/c1-3-21-13-26(12-17-4-7-20(25)8-5-17)16(2)11-27(21)23(28)14-32-22-9-6-19(24)10-18(22)15-33(29,30)31/h4-10,16,21H,3,11-15H2,1-2H3,(H,29,30,31)/t16-,21?/m0/s1. The summed E-state index contributed by atoms with van der Waals surface area (Å²) < 4.78 is 50.6. The number of hydrogen-bond acceptors (Lipinski definition) is 5. The van der Waals surface area contributed by atoms with Crippen LogP contribution in [-0.4, -0.2) is 60.5 Å². The maximum Gasteiger partial charge on any atom is 0.269 e. The molecule has 1 amide bonds. The third-order valence-electron chi connectivity index (χ3n) is 5.77. The first-order valence-corrected chi connectivity index (χ1v) is 12.7. The number of carbonyl (C=O) groups is 1. The van der Waals surface area contributed by atoms with Crippen molar-refractivity contribution in [1.29, 1.82) is 0 Å². The fraction of sp³-hybridized carbons (Fsp3) is 0.435. The van der Waals surface area contributed by atoms with Crippen LogP contribution in [0.2, 0.25) is 5.02 Å². The molecule has 1 saturated heterocycles. The van der Waals surface area contributed by atoms with E-state index in [9.17, 15) is 22.2 Å². The van der Waals surface area contributed by atoms with Gasteiger partial charge < -0.3 is 9.64 Å². The van der Waals surface area contributed by atoms with Crippen LogP contribution in [0.4, 0.5) is 4.39 Å². The van der Waals surface area contributed by atoms with Crippen molar-refractivity contribution in [3.05, 3.63) is 64.4 Å². The Kier molecular flexibility index (Phi) is 8.33. The molecule has 10 heteroatoms. The minimum atomic E-state index is -4.29. The predicted octanol–water partition coefficient (Wildman–Crippen LogP) is 3.76. The quantitative estimate of drug-likeness (QED) is 0.558. The van der Waals surface area contributed by atoms with E-state index in [0.717, 1.165) is 12.0 Å². The number of benzene rings is 2. The molecule has 1 heterocycles. The molecular formula is C23H28ClFN2O5S. The van der Waals surface area contributed by atoms with Crippen molar-refractivity contribution in [3.8, 4) is 5.75 Å². The zero-order valence-electron chi connectivity index (χ0n) is 18.6. The van der Waals surface area contributed by atoms with Crippen molar-refractivity contribution in [1.82, 2.24) is 9.80 Å². The first-order valence-electron chi connectivity index (χ1n) is 10.7. The van der Waals surface area contributed by atoms with E-state index in [1.54, 1.807) is 17.0 Å². The highest BCUT2D eigenvalue weighted by molar-refractivity contribution is 7.85. The summed E-state index contributed by atoms with van der Waals surface area (Å²) in [6.07, 6.45) is 0.757. The molecule has 0 bridgehead atoms. The number of rotatable bonds is 8. The van der Waals surface area contributed by atoms with E-state index >= 15 is 0 Å². The molecule has 1 aliphatic rings. The van der Waals surface area contributed by atoms with Gasteiger partial charge in [0, 0.05) is 42.3 Å². The number of halogens is 2. The second-order valence-electron chi connectivity index (χ2n) is 8.28. The minimum absolute atomic E-state index is 0.0137.